The number of piperidine rings is 1. The van der Waals surface area contributed by atoms with Crippen molar-refractivity contribution < 1.29 is 28.2 Å². The van der Waals surface area contributed by atoms with Gasteiger partial charge in [-0.3, -0.25) is 4.79 Å². The van der Waals surface area contributed by atoms with E-state index in [-0.39, 0.29) is 11.2 Å². The van der Waals surface area contributed by atoms with Crippen LogP contribution < -0.4 is 10.6 Å². The smallest absolute Gasteiger partial charge is 0.446 e. The predicted molar refractivity (Wildman–Crippen MR) is 115 cm³/mol. The summed E-state index contributed by atoms with van der Waals surface area (Å²) in [5.74, 6) is 1.28. The first-order valence-electron chi connectivity index (χ1n) is 10.9. The number of alkyl halides is 3. The summed E-state index contributed by atoms with van der Waals surface area (Å²) in [6.45, 7) is 1.09. The highest BCUT2D eigenvalue weighted by molar-refractivity contribution is 5.69. The first kappa shape index (κ1) is 22.5. The van der Waals surface area contributed by atoms with Crippen LogP contribution in [0.15, 0.2) is 36.4 Å². The minimum atomic E-state index is -4.64. The summed E-state index contributed by atoms with van der Waals surface area (Å²) in [5.41, 5.74) is 4.64. The maximum absolute atomic E-state index is 10.7. The first-order valence-corrected chi connectivity index (χ1v) is 10.9. The van der Waals surface area contributed by atoms with Gasteiger partial charge in [-0.15, -0.1) is 0 Å². The molecular formula is C24H27F3N2O3. The second kappa shape index (κ2) is 8.65. The summed E-state index contributed by atoms with van der Waals surface area (Å²) >= 11 is 0. The van der Waals surface area contributed by atoms with E-state index in [1.807, 2.05) is 18.2 Å². The van der Waals surface area contributed by atoms with Crippen molar-refractivity contribution in [2.45, 2.75) is 56.2 Å². The number of fused-ring (bicyclic) bond motifs is 1. The van der Waals surface area contributed by atoms with Crippen molar-refractivity contribution in [3.05, 3.63) is 47.5 Å². The van der Waals surface area contributed by atoms with Gasteiger partial charge in [-0.05, 0) is 85.7 Å². The highest BCUT2D eigenvalue weighted by Crippen LogP contribution is 2.55. The first-order chi connectivity index (χ1) is 15.2. The molecule has 2 fully saturated rings. The molecule has 3 aliphatic rings. The molecule has 0 amide bonds. The van der Waals surface area contributed by atoms with E-state index in [2.05, 4.69) is 16.7 Å². The third-order valence-corrected chi connectivity index (χ3v) is 7.04. The lowest BCUT2D eigenvalue weighted by atomic mass is 9.53. The SMILES string of the molecule is O=CC(F)(F)F.Oc1ccc(Nc2cc3c(cc2O)[C@]24CCCC[C@@H]2[C@H](C3)NCC4)cc1. The van der Waals surface area contributed by atoms with Gasteiger partial charge >= 0.3 is 6.18 Å². The van der Waals surface area contributed by atoms with E-state index >= 15 is 0 Å². The number of hydrogen-bond acceptors (Lipinski definition) is 5. The Morgan fingerprint density at radius 1 is 1.09 bits per heavy atom. The Morgan fingerprint density at radius 2 is 1.81 bits per heavy atom. The van der Waals surface area contributed by atoms with Crippen LogP contribution >= 0.6 is 0 Å². The fourth-order valence-corrected chi connectivity index (χ4v) is 5.77. The van der Waals surface area contributed by atoms with Crippen molar-refractivity contribution in [3.63, 3.8) is 0 Å². The van der Waals surface area contributed by atoms with E-state index in [9.17, 15) is 23.4 Å². The summed E-state index contributed by atoms with van der Waals surface area (Å²) in [6, 6.07) is 11.7. The van der Waals surface area contributed by atoms with Gasteiger partial charge in [0, 0.05) is 17.1 Å². The zero-order valence-corrected chi connectivity index (χ0v) is 17.6. The number of halogens is 3. The Bertz CT molecular complexity index is 974. The van der Waals surface area contributed by atoms with Gasteiger partial charge in [0.2, 0.25) is 6.29 Å². The minimum Gasteiger partial charge on any atom is -0.508 e. The lowest BCUT2D eigenvalue weighted by molar-refractivity contribution is -0.156. The molecule has 1 saturated heterocycles. The maximum Gasteiger partial charge on any atom is 0.446 e. The zero-order valence-electron chi connectivity index (χ0n) is 17.6. The van der Waals surface area contributed by atoms with Crippen LogP contribution in [0.4, 0.5) is 24.5 Å². The molecule has 2 aromatic rings. The van der Waals surface area contributed by atoms with E-state index in [1.54, 1.807) is 12.1 Å². The van der Waals surface area contributed by atoms with Crippen LogP contribution in [-0.2, 0) is 16.6 Å². The second-order valence-electron chi connectivity index (χ2n) is 8.88. The fourth-order valence-electron chi connectivity index (χ4n) is 5.77. The number of phenols is 2. The van der Waals surface area contributed by atoms with E-state index in [0.29, 0.717) is 17.7 Å². The molecule has 3 atom stereocenters. The number of rotatable bonds is 2. The normalized spacial score (nSPS) is 26.1. The Kier molecular flexibility index (Phi) is 6.07. The van der Waals surface area contributed by atoms with Crippen LogP contribution in [0.5, 0.6) is 11.5 Å². The molecule has 0 aromatic heterocycles. The molecule has 1 heterocycles. The maximum atomic E-state index is 10.7. The number of hydrogen-bond donors (Lipinski definition) is 4. The van der Waals surface area contributed by atoms with Crippen molar-refractivity contribution in [2.24, 2.45) is 5.92 Å². The highest BCUT2D eigenvalue weighted by atomic mass is 19.4. The number of carbonyl (C=O) groups excluding carboxylic acids is 1. The monoisotopic (exact) mass is 448 g/mol. The van der Waals surface area contributed by atoms with Gasteiger partial charge in [0.1, 0.15) is 11.5 Å². The summed E-state index contributed by atoms with van der Waals surface area (Å²) in [5, 5.41) is 27.3. The van der Waals surface area contributed by atoms with Gasteiger partial charge in [-0.1, -0.05) is 12.8 Å². The Balaban J connectivity index is 0.000000363. The van der Waals surface area contributed by atoms with Crippen molar-refractivity contribution in [1.29, 1.82) is 0 Å². The van der Waals surface area contributed by atoms with E-state index in [0.717, 1.165) is 24.3 Å². The third-order valence-electron chi connectivity index (χ3n) is 7.04. The number of benzene rings is 2. The zero-order chi connectivity index (χ0) is 22.9. The quantitative estimate of drug-likeness (QED) is 0.297. The number of nitrogens with one attached hydrogen (secondary N) is 2. The molecule has 0 radical (unpaired) electrons. The molecule has 1 saturated carbocycles. The molecular weight excluding hydrogens is 421 g/mol. The minimum absolute atomic E-state index is 0.242. The second-order valence-corrected chi connectivity index (χ2v) is 8.88. The van der Waals surface area contributed by atoms with E-state index in [1.165, 1.54) is 43.2 Å². The van der Waals surface area contributed by atoms with Gasteiger partial charge in [0.15, 0.2) is 0 Å². The van der Waals surface area contributed by atoms with Crippen molar-refractivity contribution in [2.75, 3.05) is 11.9 Å². The molecule has 1 aliphatic heterocycles. The number of phenolic OH excluding ortho intramolecular Hbond substituents is 2. The Labute approximate surface area is 184 Å². The number of anilines is 2. The van der Waals surface area contributed by atoms with Crippen molar-refractivity contribution in [1.82, 2.24) is 5.32 Å². The van der Waals surface area contributed by atoms with Gasteiger partial charge in [-0.2, -0.15) is 13.2 Å². The molecule has 0 unspecified atom stereocenters. The molecule has 8 heteroatoms. The van der Waals surface area contributed by atoms with Gasteiger partial charge in [-0.25, -0.2) is 0 Å². The number of carbonyl (C=O) groups is 1. The Hall–Kier alpha value is -2.74. The molecule has 2 aliphatic carbocycles. The van der Waals surface area contributed by atoms with Gasteiger partial charge < -0.3 is 20.8 Å². The lowest BCUT2D eigenvalue weighted by Crippen LogP contribution is -2.59. The number of aldehydes is 1. The summed E-state index contributed by atoms with van der Waals surface area (Å²) in [6.07, 6.45) is 1.74. The topological polar surface area (TPSA) is 81.6 Å². The van der Waals surface area contributed by atoms with Crippen LogP contribution in [0.3, 0.4) is 0 Å². The van der Waals surface area contributed by atoms with Gasteiger partial charge in [0.25, 0.3) is 0 Å². The van der Waals surface area contributed by atoms with Crippen molar-refractivity contribution in [3.8, 4) is 11.5 Å². The summed E-state index contributed by atoms with van der Waals surface area (Å²) in [7, 11) is 0. The number of aromatic hydroxyl groups is 2. The molecule has 0 spiro atoms. The van der Waals surface area contributed by atoms with Crippen LogP contribution in [0, 0.1) is 5.92 Å². The van der Waals surface area contributed by atoms with Crippen molar-refractivity contribution >= 4 is 17.7 Å². The third kappa shape index (κ3) is 4.41. The standard InChI is InChI=1S/C22H26N2O2.C2HF3O/c25-16-6-4-15(5-7-16)24-20-12-14-11-19-17-3-1-2-8-22(17,9-10-23-19)18(14)13-21(20)26;3-2(4,5)1-6/h4-7,12-13,17,19,23-26H,1-3,8-11H2;1H/t17-,19+,22+;/m1./s1. The van der Waals surface area contributed by atoms with E-state index < -0.39 is 12.5 Å². The molecule has 2 aromatic carbocycles. The molecule has 2 bridgehead atoms. The van der Waals surface area contributed by atoms with Crippen LogP contribution in [0.1, 0.15) is 43.2 Å². The predicted octanol–water partition coefficient (Wildman–Crippen LogP) is 4.94. The largest absolute Gasteiger partial charge is 0.508 e. The van der Waals surface area contributed by atoms with Crippen LogP contribution in [-0.4, -0.2) is 35.3 Å². The molecule has 4 N–H and O–H groups in total. The Morgan fingerprint density at radius 3 is 2.50 bits per heavy atom. The highest BCUT2D eigenvalue weighted by Gasteiger charge is 2.51. The average Bonchev–Trinajstić information content (AvgIpc) is 2.76. The van der Waals surface area contributed by atoms with Crippen LogP contribution in [0.25, 0.3) is 0 Å². The average molecular weight is 448 g/mol. The molecule has 5 rings (SSSR count). The molecule has 32 heavy (non-hydrogen) atoms. The molecule has 172 valence electrons. The lowest BCUT2D eigenvalue weighted by Gasteiger charge is -2.56. The van der Waals surface area contributed by atoms with E-state index in [4.69, 9.17) is 4.79 Å². The summed E-state index contributed by atoms with van der Waals surface area (Å²) < 4.78 is 31.2. The molecule has 5 nitrogen and oxygen atoms in total. The fraction of sp³-hybridized carbons (Fsp3) is 0.458. The van der Waals surface area contributed by atoms with Crippen LogP contribution in [0.2, 0.25) is 0 Å². The van der Waals surface area contributed by atoms with Gasteiger partial charge in [0.05, 0.1) is 5.69 Å². The summed E-state index contributed by atoms with van der Waals surface area (Å²) in [4.78, 5) is 8.70.